The van der Waals surface area contributed by atoms with Gasteiger partial charge >= 0.3 is 5.97 Å². The van der Waals surface area contributed by atoms with E-state index in [-0.39, 0.29) is 24.2 Å². The monoisotopic (exact) mass is 363 g/mol. The molecule has 4 heterocycles. The number of esters is 1. The zero-order chi connectivity index (χ0) is 18.6. The van der Waals surface area contributed by atoms with Crippen LogP contribution in [-0.4, -0.2) is 48.3 Å². The second kappa shape index (κ2) is 6.18. The smallest absolute Gasteiger partial charge is 0.321 e. The summed E-state index contributed by atoms with van der Waals surface area (Å²) in [5.74, 6) is -0.196. The van der Waals surface area contributed by atoms with Gasteiger partial charge in [-0.25, -0.2) is 0 Å². The molecule has 4 heteroatoms. The first-order valence-corrected chi connectivity index (χ1v) is 9.78. The van der Waals surface area contributed by atoms with Gasteiger partial charge in [-0.05, 0) is 37.9 Å². The maximum Gasteiger partial charge on any atom is 0.321 e. The average molecular weight is 363 g/mol. The molecule has 27 heavy (non-hydrogen) atoms. The average Bonchev–Trinajstić information content (AvgIpc) is 3.13. The molecule has 0 radical (unpaired) electrons. The third-order valence-corrected chi connectivity index (χ3v) is 6.84. The molecular formula is C23H25NO3. The normalized spacial score (nSPS) is 32.0. The molecule has 0 aliphatic carbocycles. The Hall–Kier alpha value is -2.17. The summed E-state index contributed by atoms with van der Waals surface area (Å²) in [5.41, 5.74) is 1.05. The van der Waals surface area contributed by atoms with Crippen molar-refractivity contribution in [3.05, 3.63) is 71.8 Å². The lowest BCUT2D eigenvalue weighted by molar-refractivity contribution is -0.168. The van der Waals surface area contributed by atoms with Crippen molar-refractivity contribution in [1.29, 1.82) is 0 Å². The fourth-order valence-corrected chi connectivity index (χ4v) is 5.22. The summed E-state index contributed by atoms with van der Waals surface area (Å²) in [5, 5.41) is 0. The highest BCUT2D eigenvalue weighted by Gasteiger charge is 2.60. The van der Waals surface area contributed by atoms with Crippen molar-refractivity contribution in [2.75, 3.05) is 7.05 Å². The summed E-state index contributed by atoms with van der Waals surface area (Å²) in [6.45, 7) is 1.97. The number of carbonyl (C=O) groups is 1. The summed E-state index contributed by atoms with van der Waals surface area (Å²) in [4.78, 5) is 15.9. The fourth-order valence-electron chi connectivity index (χ4n) is 5.22. The van der Waals surface area contributed by atoms with E-state index < -0.39 is 5.41 Å². The van der Waals surface area contributed by atoms with Crippen LogP contribution >= 0.6 is 0 Å². The Morgan fingerprint density at radius 2 is 1.56 bits per heavy atom. The van der Waals surface area contributed by atoms with E-state index in [2.05, 4.69) is 11.9 Å². The van der Waals surface area contributed by atoms with E-state index in [4.69, 9.17) is 9.47 Å². The maximum absolute atomic E-state index is 13.6. The summed E-state index contributed by atoms with van der Waals surface area (Å²) in [6, 6.07) is 20.5. The van der Waals surface area contributed by atoms with E-state index in [1.54, 1.807) is 0 Å². The molecule has 4 aliphatic heterocycles. The van der Waals surface area contributed by atoms with Gasteiger partial charge in [0.05, 0.1) is 12.1 Å². The maximum atomic E-state index is 13.6. The van der Waals surface area contributed by atoms with Crippen LogP contribution in [0.4, 0.5) is 0 Å². The van der Waals surface area contributed by atoms with Gasteiger partial charge in [-0.2, -0.15) is 0 Å². The van der Waals surface area contributed by atoms with Crippen LogP contribution < -0.4 is 0 Å². The predicted molar refractivity (Wildman–Crippen MR) is 102 cm³/mol. The lowest BCUT2D eigenvalue weighted by Gasteiger charge is -2.37. The van der Waals surface area contributed by atoms with Crippen LogP contribution in [0.25, 0.3) is 0 Å². The van der Waals surface area contributed by atoms with E-state index in [9.17, 15) is 4.79 Å². The van der Waals surface area contributed by atoms with Crippen LogP contribution in [-0.2, 0) is 19.7 Å². The number of likely N-dealkylation sites (N-methyl/N-ethyl adjacent to an activating group) is 1. The largest absolute Gasteiger partial charge is 0.457 e. The first-order chi connectivity index (χ1) is 13.1. The third kappa shape index (κ3) is 2.47. The molecule has 4 aliphatic rings. The molecule has 2 aromatic rings. The SMILES string of the molecule is CN1C2CC3C[C@@H]1C(O3)C2OC(=O)C(C)(c1ccccc1)c1ccccc1. The minimum absolute atomic E-state index is 0.0125. The number of rotatable bonds is 4. The molecule has 4 saturated heterocycles. The highest BCUT2D eigenvalue weighted by Crippen LogP contribution is 2.47. The molecule has 4 nitrogen and oxygen atoms in total. The van der Waals surface area contributed by atoms with Gasteiger partial charge < -0.3 is 9.47 Å². The molecule has 4 unspecified atom stereocenters. The Bertz CT molecular complexity index is 796. The second-order valence-corrected chi connectivity index (χ2v) is 8.22. The third-order valence-electron chi connectivity index (χ3n) is 6.84. The van der Waals surface area contributed by atoms with Gasteiger partial charge in [0.1, 0.15) is 17.6 Å². The van der Waals surface area contributed by atoms with Gasteiger partial charge in [-0.3, -0.25) is 9.69 Å². The summed E-state index contributed by atoms with van der Waals surface area (Å²) in [6.07, 6.45) is 2.18. The van der Waals surface area contributed by atoms with Crippen molar-refractivity contribution in [3.8, 4) is 0 Å². The van der Waals surface area contributed by atoms with Crippen LogP contribution in [0.2, 0.25) is 0 Å². The number of benzene rings is 2. The van der Waals surface area contributed by atoms with E-state index in [1.807, 2.05) is 67.6 Å². The summed E-state index contributed by atoms with van der Waals surface area (Å²) >= 11 is 0. The Morgan fingerprint density at radius 1 is 1.00 bits per heavy atom. The highest BCUT2D eigenvalue weighted by atomic mass is 16.6. The first-order valence-electron chi connectivity index (χ1n) is 9.78. The van der Waals surface area contributed by atoms with E-state index in [0.29, 0.717) is 12.1 Å². The number of carbonyl (C=O) groups excluding carboxylic acids is 1. The molecule has 0 spiro atoms. The Morgan fingerprint density at radius 3 is 2.11 bits per heavy atom. The Kier molecular flexibility index (Phi) is 3.88. The Balaban J connectivity index is 1.49. The number of nitrogens with zero attached hydrogens (tertiary/aromatic N) is 1. The lowest BCUT2D eigenvalue weighted by atomic mass is 9.76. The molecular weight excluding hydrogens is 338 g/mol. The van der Waals surface area contributed by atoms with Crippen LogP contribution in [0, 0.1) is 0 Å². The molecule has 2 aromatic carbocycles. The molecule has 0 aromatic heterocycles. The van der Waals surface area contributed by atoms with Crippen molar-refractivity contribution < 1.29 is 14.3 Å². The molecule has 4 bridgehead atoms. The van der Waals surface area contributed by atoms with Crippen molar-refractivity contribution >= 4 is 5.97 Å². The van der Waals surface area contributed by atoms with E-state index in [0.717, 1.165) is 24.0 Å². The molecule has 4 fully saturated rings. The number of hydrogen-bond acceptors (Lipinski definition) is 4. The van der Waals surface area contributed by atoms with Crippen molar-refractivity contribution in [2.24, 2.45) is 0 Å². The summed E-state index contributed by atoms with van der Waals surface area (Å²) in [7, 11) is 2.13. The highest BCUT2D eigenvalue weighted by molar-refractivity contribution is 5.87. The molecule has 0 saturated carbocycles. The van der Waals surface area contributed by atoms with Gasteiger partial charge in [0.15, 0.2) is 0 Å². The van der Waals surface area contributed by atoms with Gasteiger partial charge in [-0.15, -0.1) is 0 Å². The van der Waals surface area contributed by atoms with Gasteiger partial charge in [0.25, 0.3) is 0 Å². The van der Waals surface area contributed by atoms with Crippen LogP contribution in [0.1, 0.15) is 30.9 Å². The first kappa shape index (κ1) is 17.0. The van der Waals surface area contributed by atoms with Crippen molar-refractivity contribution in [3.63, 3.8) is 0 Å². The van der Waals surface area contributed by atoms with Crippen molar-refractivity contribution in [1.82, 2.24) is 4.90 Å². The molecule has 0 amide bonds. The van der Waals surface area contributed by atoms with E-state index >= 15 is 0 Å². The fraction of sp³-hybridized carbons (Fsp3) is 0.435. The number of hydrogen-bond donors (Lipinski definition) is 0. The van der Waals surface area contributed by atoms with Gasteiger partial charge in [0.2, 0.25) is 0 Å². The van der Waals surface area contributed by atoms with Crippen LogP contribution in [0.5, 0.6) is 0 Å². The van der Waals surface area contributed by atoms with Crippen molar-refractivity contribution in [2.45, 2.75) is 55.6 Å². The second-order valence-electron chi connectivity index (χ2n) is 8.22. The predicted octanol–water partition coefficient (Wildman–Crippen LogP) is 3.15. The number of piperidine rings is 1. The van der Waals surface area contributed by atoms with Crippen LogP contribution in [0.15, 0.2) is 60.7 Å². The minimum atomic E-state index is -0.846. The Labute approximate surface area is 160 Å². The summed E-state index contributed by atoms with van der Waals surface area (Å²) < 4.78 is 12.4. The quantitative estimate of drug-likeness (QED) is 0.783. The molecule has 0 N–H and O–H groups in total. The molecule has 140 valence electrons. The molecule has 5 atom stereocenters. The standard InChI is InChI=1S/C23H25NO3/c1-23(15-9-5-3-6-10-15,16-11-7-4-8-12-16)22(25)27-21-19-14-17-13-18(24(19)2)20(21)26-17/h3-12,17-21H,13-14H2,1-2H3/t17?,18-,19?,20?,21?/m1/s1. The van der Waals surface area contributed by atoms with Gasteiger partial charge in [0, 0.05) is 6.04 Å². The number of ether oxygens (including phenoxy) is 2. The zero-order valence-corrected chi connectivity index (χ0v) is 15.7. The zero-order valence-electron chi connectivity index (χ0n) is 15.7. The van der Waals surface area contributed by atoms with E-state index in [1.165, 1.54) is 0 Å². The minimum Gasteiger partial charge on any atom is -0.457 e. The topological polar surface area (TPSA) is 38.8 Å². The van der Waals surface area contributed by atoms with Crippen LogP contribution in [0.3, 0.4) is 0 Å². The lowest BCUT2D eigenvalue weighted by Crippen LogP contribution is -2.49. The van der Waals surface area contributed by atoms with Gasteiger partial charge in [-0.1, -0.05) is 60.7 Å². The molecule has 6 rings (SSSR count).